The molecule has 1 aliphatic heterocycles. The third-order valence-electron chi connectivity index (χ3n) is 7.29. The van der Waals surface area contributed by atoms with Gasteiger partial charge in [-0.15, -0.1) is 0 Å². The number of likely N-dealkylation sites (tertiary alicyclic amines) is 1. The summed E-state index contributed by atoms with van der Waals surface area (Å²) in [5, 5.41) is 4.73. The van der Waals surface area contributed by atoms with Crippen molar-refractivity contribution >= 4 is 49.7 Å². The summed E-state index contributed by atoms with van der Waals surface area (Å²) >= 11 is 7.44. The summed E-state index contributed by atoms with van der Waals surface area (Å²) in [6.07, 6.45) is 4.13. The minimum Gasteiger partial charge on any atom is -0.493 e. The molecule has 1 fully saturated rings. The van der Waals surface area contributed by atoms with E-state index in [0.717, 1.165) is 56.6 Å². The van der Waals surface area contributed by atoms with Gasteiger partial charge in [-0.3, -0.25) is 4.90 Å². The molecule has 0 saturated carbocycles. The van der Waals surface area contributed by atoms with Crippen molar-refractivity contribution in [2.75, 3.05) is 89.0 Å². The van der Waals surface area contributed by atoms with Gasteiger partial charge in [-0.05, 0) is 98.6 Å². The molecule has 0 N–H and O–H groups in total. The number of benzene rings is 2. The maximum Gasteiger partial charge on any atom is 0.204 e. The van der Waals surface area contributed by atoms with Crippen molar-refractivity contribution in [2.45, 2.75) is 13.8 Å². The van der Waals surface area contributed by atoms with Crippen molar-refractivity contribution in [2.24, 2.45) is 5.16 Å². The highest BCUT2D eigenvalue weighted by Crippen LogP contribution is 2.47. The van der Waals surface area contributed by atoms with E-state index >= 15 is 0 Å². The Balaban J connectivity index is 2.22. The van der Waals surface area contributed by atoms with E-state index in [9.17, 15) is 0 Å². The van der Waals surface area contributed by atoms with Crippen LogP contribution in [0.15, 0.2) is 37.4 Å². The van der Waals surface area contributed by atoms with Crippen LogP contribution in [0.25, 0.3) is 12.2 Å². The minimum atomic E-state index is 0.462. The summed E-state index contributed by atoms with van der Waals surface area (Å²) in [5.74, 6) is 3.18. The molecule has 0 bridgehead atoms. The van der Waals surface area contributed by atoms with Crippen LogP contribution >= 0.6 is 31.9 Å². The number of hydrogen-bond acceptors (Lipinski definition) is 10. The number of piperidine rings is 1. The SMILES string of the molecule is CCN(CC)CCON=C1/C(=C/c2cc(OC)c(OC)c(OC)c2Br)CN(C)C/C1=C\c1cc(OC)c(OC)c(OC)c1Br. The Bertz CT molecular complexity index is 1300. The lowest BCUT2D eigenvalue weighted by Gasteiger charge is -2.29. The van der Waals surface area contributed by atoms with Gasteiger partial charge in [0.25, 0.3) is 0 Å². The predicted octanol–water partition coefficient (Wildman–Crippen LogP) is 6.39. The van der Waals surface area contributed by atoms with Crippen LogP contribution in [0, 0.1) is 0 Å². The largest absolute Gasteiger partial charge is 0.493 e. The Morgan fingerprint density at radius 2 is 1.16 bits per heavy atom. The molecule has 242 valence electrons. The molecule has 0 aromatic heterocycles. The van der Waals surface area contributed by atoms with E-state index in [0.29, 0.717) is 54.2 Å². The first-order valence-electron chi connectivity index (χ1n) is 14.2. The number of likely N-dealkylation sites (N-methyl/N-ethyl adjacent to an activating group) is 2. The highest BCUT2D eigenvalue weighted by Gasteiger charge is 2.27. The van der Waals surface area contributed by atoms with Crippen LogP contribution in [0.3, 0.4) is 0 Å². The van der Waals surface area contributed by atoms with Gasteiger partial charge in [0.1, 0.15) is 12.3 Å². The molecule has 1 saturated heterocycles. The maximum atomic E-state index is 5.98. The first-order valence-corrected chi connectivity index (χ1v) is 15.8. The minimum absolute atomic E-state index is 0.462. The first-order chi connectivity index (χ1) is 21.2. The fraction of sp³-hybridized carbons (Fsp3) is 0.469. The predicted molar refractivity (Wildman–Crippen MR) is 182 cm³/mol. The Hall–Kier alpha value is -2.93. The molecule has 0 aliphatic carbocycles. The fourth-order valence-corrected chi connectivity index (χ4v) is 6.17. The number of methoxy groups -OCH3 is 6. The van der Waals surface area contributed by atoms with Crippen molar-refractivity contribution in [1.82, 2.24) is 9.80 Å². The fourth-order valence-electron chi connectivity index (χ4n) is 5.02. The Labute approximate surface area is 277 Å². The van der Waals surface area contributed by atoms with Crippen LogP contribution in [0.4, 0.5) is 0 Å². The van der Waals surface area contributed by atoms with E-state index in [-0.39, 0.29) is 0 Å². The number of rotatable bonds is 14. The molecular weight excluding hydrogens is 698 g/mol. The molecular formula is C32H43Br2N3O7. The second kappa shape index (κ2) is 17.0. The summed E-state index contributed by atoms with van der Waals surface area (Å²) in [6.45, 7) is 8.67. The highest BCUT2D eigenvalue weighted by molar-refractivity contribution is 9.11. The van der Waals surface area contributed by atoms with Crippen molar-refractivity contribution < 1.29 is 33.3 Å². The zero-order chi connectivity index (χ0) is 32.4. The van der Waals surface area contributed by atoms with Gasteiger partial charge < -0.3 is 38.2 Å². The molecule has 0 amide bonds. The van der Waals surface area contributed by atoms with Crippen molar-refractivity contribution in [3.8, 4) is 34.5 Å². The molecule has 0 spiro atoms. The van der Waals surface area contributed by atoms with Crippen LogP contribution in [-0.4, -0.2) is 105 Å². The molecule has 3 rings (SSSR count). The van der Waals surface area contributed by atoms with E-state index in [4.69, 9.17) is 38.4 Å². The molecule has 44 heavy (non-hydrogen) atoms. The average Bonchev–Trinajstić information content (AvgIpc) is 3.03. The monoisotopic (exact) mass is 739 g/mol. The quantitative estimate of drug-likeness (QED) is 0.162. The summed E-state index contributed by atoms with van der Waals surface area (Å²) in [7, 11) is 11.6. The number of hydrogen-bond donors (Lipinski definition) is 0. The van der Waals surface area contributed by atoms with Gasteiger partial charge in [-0.1, -0.05) is 19.0 Å². The third-order valence-corrected chi connectivity index (χ3v) is 8.93. The summed E-state index contributed by atoms with van der Waals surface area (Å²) in [5.41, 5.74) is 4.32. The molecule has 1 heterocycles. The molecule has 2 aromatic rings. The van der Waals surface area contributed by atoms with Crippen molar-refractivity contribution in [3.05, 3.63) is 43.4 Å². The lowest BCUT2D eigenvalue weighted by atomic mass is 9.93. The molecule has 0 radical (unpaired) electrons. The Kier molecular flexibility index (Phi) is 13.7. The maximum absolute atomic E-state index is 5.98. The lowest BCUT2D eigenvalue weighted by molar-refractivity contribution is 0.114. The third kappa shape index (κ3) is 8.01. The number of ether oxygens (including phenoxy) is 6. The van der Waals surface area contributed by atoms with Gasteiger partial charge >= 0.3 is 0 Å². The summed E-state index contributed by atoms with van der Waals surface area (Å²) in [4.78, 5) is 10.5. The Morgan fingerprint density at radius 3 is 1.52 bits per heavy atom. The van der Waals surface area contributed by atoms with E-state index in [2.05, 4.69) is 74.7 Å². The number of nitrogens with zero attached hydrogens (tertiary/aromatic N) is 3. The van der Waals surface area contributed by atoms with Gasteiger partial charge in [0.2, 0.25) is 11.5 Å². The smallest absolute Gasteiger partial charge is 0.204 e. The van der Waals surface area contributed by atoms with E-state index < -0.39 is 0 Å². The van der Waals surface area contributed by atoms with Crippen molar-refractivity contribution in [3.63, 3.8) is 0 Å². The molecule has 12 heteroatoms. The van der Waals surface area contributed by atoms with Crippen LogP contribution in [0.2, 0.25) is 0 Å². The zero-order valence-corrected chi connectivity index (χ0v) is 30.2. The van der Waals surface area contributed by atoms with Crippen LogP contribution < -0.4 is 28.4 Å². The zero-order valence-electron chi connectivity index (χ0n) is 27.0. The topological polar surface area (TPSA) is 83.5 Å². The first kappa shape index (κ1) is 35.5. The summed E-state index contributed by atoms with van der Waals surface area (Å²) < 4.78 is 35.3. The van der Waals surface area contributed by atoms with Crippen LogP contribution in [0.5, 0.6) is 34.5 Å². The highest BCUT2D eigenvalue weighted by atomic mass is 79.9. The van der Waals surface area contributed by atoms with E-state index in [1.807, 2.05) is 12.1 Å². The van der Waals surface area contributed by atoms with Gasteiger partial charge in [-0.2, -0.15) is 0 Å². The van der Waals surface area contributed by atoms with Gasteiger partial charge in [0.05, 0.1) is 51.6 Å². The summed E-state index contributed by atoms with van der Waals surface area (Å²) in [6, 6.07) is 3.82. The molecule has 0 atom stereocenters. The van der Waals surface area contributed by atoms with Crippen LogP contribution in [0.1, 0.15) is 25.0 Å². The molecule has 1 aliphatic rings. The lowest BCUT2D eigenvalue weighted by Crippen LogP contribution is -2.35. The van der Waals surface area contributed by atoms with Gasteiger partial charge in [-0.25, -0.2) is 0 Å². The second-order valence-corrected chi connectivity index (χ2v) is 11.5. The van der Waals surface area contributed by atoms with E-state index in [1.54, 1.807) is 42.7 Å². The normalized spacial score (nSPS) is 15.5. The average molecular weight is 742 g/mol. The molecule has 0 unspecified atom stereocenters. The Morgan fingerprint density at radius 1 is 0.727 bits per heavy atom. The standard InChI is InChI=1S/C32H43Br2N3O7/c1-10-37(11-2)12-13-44-35-28-22(14-20-16-24(38-4)29(40-6)31(42-8)26(20)33)18-36(3)19-23(28)15-21-17-25(39-5)30(41-7)32(43-9)27(21)34/h14-17H,10-13,18-19H2,1-9H3/b22-14+,23-15+. The van der Waals surface area contributed by atoms with Crippen molar-refractivity contribution in [1.29, 1.82) is 0 Å². The number of oxime groups is 1. The van der Waals surface area contributed by atoms with E-state index in [1.165, 1.54) is 0 Å². The van der Waals surface area contributed by atoms with Gasteiger partial charge in [0, 0.05) is 19.6 Å². The molecule has 2 aromatic carbocycles. The second-order valence-electron chi connectivity index (χ2n) is 9.91. The number of halogens is 2. The molecule has 10 nitrogen and oxygen atoms in total. The van der Waals surface area contributed by atoms with Crippen LogP contribution in [-0.2, 0) is 4.84 Å². The van der Waals surface area contributed by atoms with Gasteiger partial charge in [0.15, 0.2) is 23.0 Å².